The van der Waals surface area contributed by atoms with E-state index in [9.17, 15) is 4.39 Å². The topological polar surface area (TPSA) is 52.0 Å². The Labute approximate surface area is 103 Å². The number of halogens is 1. The summed E-state index contributed by atoms with van der Waals surface area (Å²) in [6.45, 7) is 1.96. The van der Waals surface area contributed by atoms with Crippen molar-refractivity contribution in [1.82, 2.24) is 4.98 Å². The lowest BCUT2D eigenvalue weighted by Crippen LogP contribution is -1.93. The van der Waals surface area contributed by atoms with Crippen LogP contribution in [0.3, 0.4) is 0 Å². The number of nitrogen functional groups attached to an aromatic ring is 1. The lowest BCUT2D eigenvalue weighted by molar-refractivity contribution is 0.594. The molecule has 4 heteroatoms. The molecule has 0 bridgehead atoms. The Morgan fingerprint density at radius 2 is 2.06 bits per heavy atom. The molecule has 2 N–H and O–H groups in total. The van der Waals surface area contributed by atoms with Crippen molar-refractivity contribution in [3.05, 3.63) is 47.8 Å². The SMILES string of the molecule is Cc1ccc2oc(-c3c(N)cccc3F)nc2c1. The van der Waals surface area contributed by atoms with E-state index in [-0.39, 0.29) is 11.5 Å². The van der Waals surface area contributed by atoms with E-state index in [1.54, 1.807) is 12.1 Å². The molecule has 3 aromatic rings. The van der Waals surface area contributed by atoms with Gasteiger partial charge in [0.05, 0.1) is 5.56 Å². The minimum absolute atomic E-state index is 0.214. The first-order chi connectivity index (χ1) is 8.65. The summed E-state index contributed by atoms with van der Waals surface area (Å²) in [6.07, 6.45) is 0. The molecule has 3 rings (SSSR count). The first-order valence-electron chi connectivity index (χ1n) is 5.57. The van der Waals surface area contributed by atoms with Crippen LogP contribution >= 0.6 is 0 Å². The van der Waals surface area contributed by atoms with Gasteiger partial charge in [0.2, 0.25) is 5.89 Å². The first kappa shape index (κ1) is 10.8. The highest BCUT2D eigenvalue weighted by molar-refractivity contribution is 5.80. The number of benzene rings is 2. The number of nitrogens with two attached hydrogens (primary N) is 1. The Morgan fingerprint density at radius 3 is 2.83 bits per heavy atom. The summed E-state index contributed by atoms with van der Waals surface area (Å²) in [4.78, 5) is 4.28. The normalized spacial score (nSPS) is 11.0. The minimum atomic E-state index is -0.432. The molecule has 0 aliphatic rings. The van der Waals surface area contributed by atoms with Crippen LogP contribution in [-0.4, -0.2) is 4.98 Å². The lowest BCUT2D eigenvalue weighted by Gasteiger charge is -2.01. The fourth-order valence-corrected chi connectivity index (χ4v) is 1.91. The number of nitrogens with zero attached hydrogens (tertiary/aromatic N) is 1. The number of oxazole rings is 1. The average molecular weight is 242 g/mol. The molecular formula is C14H11FN2O. The van der Waals surface area contributed by atoms with Gasteiger partial charge in [-0.1, -0.05) is 12.1 Å². The second-order valence-corrected chi connectivity index (χ2v) is 4.19. The zero-order valence-electron chi connectivity index (χ0n) is 9.77. The third-order valence-corrected chi connectivity index (χ3v) is 2.80. The number of anilines is 1. The van der Waals surface area contributed by atoms with Gasteiger partial charge in [-0.15, -0.1) is 0 Å². The second-order valence-electron chi connectivity index (χ2n) is 4.19. The van der Waals surface area contributed by atoms with E-state index in [1.807, 2.05) is 25.1 Å². The molecule has 3 nitrogen and oxygen atoms in total. The highest BCUT2D eigenvalue weighted by atomic mass is 19.1. The van der Waals surface area contributed by atoms with Crippen LogP contribution in [0.5, 0.6) is 0 Å². The smallest absolute Gasteiger partial charge is 0.232 e. The summed E-state index contributed by atoms with van der Waals surface area (Å²) in [7, 11) is 0. The van der Waals surface area contributed by atoms with Crippen molar-refractivity contribution in [3.8, 4) is 11.5 Å². The molecule has 2 aromatic carbocycles. The number of rotatable bonds is 1. The van der Waals surface area contributed by atoms with Crippen molar-refractivity contribution in [2.45, 2.75) is 6.92 Å². The van der Waals surface area contributed by atoms with Crippen LogP contribution < -0.4 is 5.73 Å². The molecule has 0 amide bonds. The summed E-state index contributed by atoms with van der Waals surface area (Å²) >= 11 is 0. The van der Waals surface area contributed by atoms with Gasteiger partial charge < -0.3 is 10.2 Å². The summed E-state index contributed by atoms with van der Waals surface area (Å²) in [5.41, 5.74) is 8.70. The predicted octanol–water partition coefficient (Wildman–Crippen LogP) is 3.52. The molecule has 0 aliphatic heterocycles. The third kappa shape index (κ3) is 1.62. The standard InChI is InChI=1S/C14H11FN2O/c1-8-5-6-12-11(7-8)17-14(18-12)13-9(15)3-2-4-10(13)16/h2-7H,16H2,1H3. The van der Waals surface area contributed by atoms with E-state index in [2.05, 4.69) is 4.98 Å². The van der Waals surface area contributed by atoms with Crippen molar-refractivity contribution in [1.29, 1.82) is 0 Å². The van der Waals surface area contributed by atoms with Gasteiger partial charge >= 0.3 is 0 Å². The minimum Gasteiger partial charge on any atom is -0.436 e. The van der Waals surface area contributed by atoms with Crippen molar-refractivity contribution in [2.75, 3.05) is 5.73 Å². The molecule has 0 atom stereocenters. The molecule has 0 spiro atoms. The molecule has 0 saturated carbocycles. The van der Waals surface area contributed by atoms with Gasteiger partial charge in [-0.2, -0.15) is 0 Å². The number of hydrogen-bond acceptors (Lipinski definition) is 3. The number of aryl methyl sites for hydroxylation is 1. The van der Waals surface area contributed by atoms with Gasteiger partial charge in [0.1, 0.15) is 11.3 Å². The molecular weight excluding hydrogens is 231 g/mol. The Balaban J connectivity index is 2.26. The predicted molar refractivity (Wildman–Crippen MR) is 68.6 cm³/mol. The molecule has 18 heavy (non-hydrogen) atoms. The zero-order valence-corrected chi connectivity index (χ0v) is 9.77. The van der Waals surface area contributed by atoms with Crippen LogP contribution in [0.1, 0.15) is 5.56 Å². The molecule has 0 aliphatic carbocycles. The molecule has 0 unspecified atom stereocenters. The number of hydrogen-bond donors (Lipinski definition) is 1. The average Bonchev–Trinajstić information content (AvgIpc) is 2.71. The first-order valence-corrected chi connectivity index (χ1v) is 5.57. The molecule has 0 saturated heterocycles. The van der Waals surface area contributed by atoms with Crippen molar-refractivity contribution in [2.24, 2.45) is 0 Å². The largest absolute Gasteiger partial charge is 0.436 e. The Hall–Kier alpha value is -2.36. The van der Waals surface area contributed by atoms with Crippen LogP contribution in [0.2, 0.25) is 0 Å². The zero-order chi connectivity index (χ0) is 12.7. The van der Waals surface area contributed by atoms with E-state index in [4.69, 9.17) is 10.2 Å². The Bertz CT molecular complexity index is 713. The second kappa shape index (κ2) is 3.84. The summed E-state index contributed by atoms with van der Waals surface area (Å²) in [6, 6.07) is 10.1. The van der Waals surface area contributed by atoms with Gasteiger partial charge in [0.25, 0.3) is 0 Å². The highest BCUT2D eigenvalue weighted by Gasteiger charge is 2.15. The van der Waals surface area contributed by atoms with E-state index >= 15 is 0 Å². The maximum absolute atomic E-state index is 13.8. The number of aromatic nitrogens is 1. The van der Waals surface area contributed by atoms with Crippen LogP contribution in [0.25, 0.3) is 22.6 Å². The Kier molecular flexibility index (Phi) is 2.30. The van der Waals surface area contributed by atoms with Crippen LogP contribution in [0, 0.1) is 12.7 Å². The van der Waals surface area contributed by atoms with Crippen molar-refractivity contribution >= 4 is 16.8 Å². The van der Waals surface area contributed by atoms with E-state index in [0.29, 0.717) is 16.8 Å². The number of fused-ring (bicyclic) bond motifs is 1. The molecule has 0 radical (unpaired) electrons. The maximum Gasteiger partial charge on any atom is 0.232 e. The van der Waals surface area contributed by atoms with Gasteiger partial charge in [-0.3, -0.25) is 0 Å². The third-order valence-electron chi connectivity index (χ3n) is 2.80. The fourth-order valence-electron chi connectivity index (χ4n) is 1.91. The molecule has 0 fully saturated rings. The highest BCUT2D eigenvalue weighted by Crippen LogP contribution is 2.30. The Morgan fingerprint density at radius 1 is 1.22 bits per heavy atom. The van der Waals surface area contributed by atoms with Crippen LogP contribution in [0.15, 0.2) is 40.8 Å². The van der Waals surface area contributed by atoms with Crippen LogP contribution in [-0.2, 0) is 0 Å². The van der Waals surface area contributed by atoms with Gasteiger partial charge in [0.15, 0.2) is 5.58 Å². The summed E-state index contributed by atoms with van der Waals surface area (Å²) in [5, 5.41) is 0. The monoisotopic (exact) mass is 242 g/mol. The van der Waals surface area contributed by atoms with Crippen LogP contribution in [0.4, 0.5) is 10.1 Å². The fraction of sp³-hybridized carbons (Fsp3) is 0.0714. The van der Waals surface area contributed by atoms with E-state index < -0.39 is 5.82 Å². The van der Waals surface area contributed by atoms with Gasteiger partial charge in [-0.05, 0) is 36.8 Å². The molecule has 90 valence electrons. The van der Waals surface area contributed by atoms with Gasteiger partial charge in [0, 0.05) is 5.69 Å². The van der Waals surface area contributed by atoms with E-state index in [1.165, 1.54) is 6.07 Å². The van der Waals surface area contributed by atoms with Gasteiger partial charge in [-0.25, -0.2) is 9.37 Å². The lowest BCUT2D eigenvalue weighted by atomic mass is 10.1. The summed E-state index contributed by atoms with van der Waals surface area (Å²) in [5.74, 6) is -0.218. The quantitative estimate of drug-likeness (QED) is 0.664. The van der Waals surface area contributed by atoms with E-state index in [0.717, 1.165) is 5.56 Å². The van der Waals surface area contributed by atoms with Crippen molar-refractivity contribution in [3.63, 3.8) is 0 Å². The summed E-state index contributed by atoms with van der Waals surface area (Å²) < 4.78 is 19.3. The maximum atomic E-state index is 13.8. The molecule has 1 heterocycles. The van der Waals surface area contributed by atoms with Crippen molar-refractivity contribution < 1.29 is 8.81 Å². The molecule has 1 aromatic heterocycles.